The molecule has 0 amide bonds. The number of hydrogen-bond donors (Lipinski definition) is 1. The van der Waals surface area contributed by atoms with E-state index in [0.717, 1.165) is 37.9 Å². The van der Waals surface area contributed by atoms with E-state index in [-0.39, 0.29) is 11.8 Å². The van der Waals surface area contributed by atoms with Crippen LogP contribution in [0.3, 0.4) is 0 Å². The molecule has 0 aromatic carbocycles. The zero-order valence-corrected chi connectivity index (χ0v) is 15.1. The molecule has 1 fully saturated rings. The molecule has 1 saturated heterocycles. The molecule has 0 spiro atoms. The summed E-state index contributed by atoms with van der Waals surface area (Å²) in [5.41, 5.74) is 0. The smallest absolute Gasteiger partial charge is 0.257 e. The molecular formula is C15H28N4O3S. The average molecular weight is 344 g/mol. The van der Waals surface area contributed by atoms with Crippen LogP contribution in [-0.2, 0) is 21.5 Å². The van der Waals surface area contributed by atoms with Gasteiger partial charge < -0.3 is 9.64 Å². The molecule has 2 heterocycles. The Morgan fingerprint density at radius 2 is 2.04 bits per heavy atom. The Balaban J connectivity index is 1.80. The number of methoxy groups -OCH3 is 1. The fraction of sp³-hybridized carbons (Fsp3) is 0.800. The topological polar surface area (TPSA) is 76.5 Å². The van der Waals surface area contributed by atoms with Crippen molar-refractivity contribution in [1.29, 1.82) is 0 Å². The zero-order chi connectivity index (χ0) is 16.9. The number of sulfonamides is 1. The average Bonchev–Trinajstić information content (AvgIpc) is 2.92. The van der Waals surface area contributed by atoms with E-state index in [1.807, 2.05) is 0 Å². The number of piperidine rings is 1. The van der Waals surface area contributed by atoms with Crippen LogP contribution < -0.4 is 4.72 Å². The number of nitrogens with zero attached hydrogens (tertiary/aromatic N) is 3. The molecule has 132 valence electrons. The normalized spacial score (nSPS) is 23.3. The fourth-order valence-corrected chi connectivity index (χ4v) is 4.50. The Morgan fingerprint density at radius 3 is 2.70 bits per heavy atom. The number of likely N-dealkylation sites (tertiary alicyclic amines) is 1. The molecule has 1 aliphatic heterocycles. The van der Waals surface area contributed by atoms with Gasteiger partial charge in [-0.25, -0.2) is 17.8 Å². The second-order valence-electron chi connectivity index (χ2n) is 6.54. The van der Waals surface area contributed by atoms with Crippen LogP contribution in [0.25, 0.3) is 0 Å². The number of nitrogens with one attached hydrogen (secondary N) is 1. The maximum atomic E-state index is 12.3. The molecule has 1 aliphatic rings. The van der Waals surface area contributed by atoms with E-state index >= 15 is 0 Å². The van der Waals surface area contributed by atoms with Crippen molar-refractivity contribution in [2.75, 3.05) is 33.3 Å². The van der Waals surface area contributed by atoms with Crippen LogP contribution in [0.1, 0.15) is 26.7 Å². The minimum absolute atomic E-state index is 0.118. The molecule has 0 unspecified atom stereocenters. The molecule has 1 aromatic heterocycles. The highest BCUT2D eigenvalue weighted by Crippen LogP contribution is 2.20. The maximum absolute atomic E-state index is 12.3. The van der Waals surface area contributed by atoms with E-state index in [9.17, 15) is 8.42 Å². The summed E-state index contributed by atoms with van der Waals surface area (Å²) in [5, 5.41) is 4.09. The molecule has 0 aliphatic carbocycles. The predicted octanol–water partition coefficient (Wildman–Crippen LogP) is 1.13. The van der Waals surface area contributed by atoms with Crippen LogP contribution in [0.2, 0.25) is 0 Å². The highest BCUT2D eigenvalue weighted by Gasteiger charge is 2.22. The van der Waals surface area contributed by atoms with Gasteiger partial charge in [-0.2, -0.15) is 5.10 Å². The quantitative estimate of drug-likeness (QED) is 0.716. The first kappa shape index (κ1) is 18.4. The lowest BCUT2D eigenvalue weighted by Crippen LogP contribution is -2.40. The van der Waals surface area contributed by atoms with Gasteiger partial charge in [0.15, 0.2) is 5.03 Å². The third kappa shape index (κ3) is 5.27. The van der Waals surface area contributed by atoms with Crippen molar-refractivity contribution >= 4 is 10.0 Å². The van der Waals surface area contributed by atoms with E-state index < -0.39 is 10.0 Å². The highest BCUT2D eigenvalue weighted by molar-refractivity contribution is 7.89. The van der Waals surface area contributed by atoms with E-state index in [2.05, 4.69) is 28.6 Å². The summed E-state index contributed by atoms with van der Waals surface area (Å²) in [6.45, 7) is 8.25. The number of rotatable bonds is 8. The van der Waals surface area contributed by atoms with Gasteiger partial charge in [0.25, 0.3) is 10.0 Å². The van der Waals surface area contributed by atoms with E-state index in [1.165, 1.54) is 30.5 Å². The van der Waals surface area contributed by atoms with Gasteiger partial charge in [-0.1, -0.05) is 13.8 Å². The van der Waals surface area contributed by atoms with Gasteiger partial charge in [-0.15, -0.1) is 0 Å². The second kappa shape index (κ2) is 8.23. The minimum Gasteiger partial charge on any atom is -0.362 e. The number of aromatic nitrogens is 2. The lowest BCUT2D eigenvalue weighted by atomic mass is 9.92. The first-order chi connectivity index (χ1) is 10.9. The van der Waals surface area contributed by atoms with Crippen LogP contribution in [0.4, 0.5) is 0 Å². The zero-order valence-electron chi connectivity index (χ0n) is 14.2. The Hall–Kier alpha value is -0.960. The van der Waals surface area contributed by atoms with Gasteiger partial charge in [0.1, 0.15) is 6.73 Å². The summed E-state index contributed by atoms with van der Waals surface area (Å²) in [7, 11) is -2.04. The summed E-state index contributed by atoms with van der Waals surface area (Å²) in [6, 6.07) is 1.48. The van der Waals surface area contributed by atoms with E-state index in [4.69, 9.17) is 4.74 Å². The van der Waals surface area contributed by atoms with Crippen LogP contribution in [0.5, 0.6) is 0 Å². The van der Waals surface area contributed by atoms with E-state index in [0.29, 0.717) is 6.54 Å². The predicted molar refractivity (Wildman–Crippen MR) is 88.4 cm³/mol. The molecule has 0 radical (unpaired) electrons. The summed E-state index contributed by atoms with van der Waals surface area (Å²) in [5.74, 6) is 1.44. The number of ether oxygens (including phenoxy) is 1. The summed E-state index contributed by atoms with van der Waals surface area (Å²) in [6.07, 6.45) is 3.55. The van der Waals surface area contributed by atoms with Crippen LogP contribution in [0.15, 0.2) is 17.3 Å². The minimum atomic E-state index is -3.54. The van der Waals surface area contributed by atoms with Gasteiger partial charge in [-0.3, -0.25) is 0 Å². The van der Waals surface area contributed by atoms with Crippen molar-refractivity contribution in [3.05, 3.63) is 12.3 Å². The van der Waals surface area contributed by atoms with Gasteiger partial charge in [0.05, 0.1) is 6.20 Å². The van der Waals surface area contributed by atoms with Crippen LogP contribution in [0, 0.1) is 11.8 Å². The SMILES string of the molecule is COCn1nccc1S(=O)(=O)NCCCN1C[C@@H](C)C[C@H](C)C1. The van der Waals surface area contributed by atoms with Crippen molar-refractivity contribution in [2.24, 2.45) is 11.8 Å². The Labute approximate surface area is 139 Å². The first-order valence-corrected chi connectivity index (χ1v) is 9.63. The van der Waals surface area contributed by atoms with Gasteiger partial charge in [0.2, 0.25) is 0 Å². The highest BCUT2D eigenvalue weighted by atomic mass is 32.2. The Morgan fingerprint density at radius 1 is 1.35 bits per heavy atom. The van der Waals surface area contributed by atoms with Gasteiger partial charge in [-0.05, 0) is 37.3 Å². The Kier molecular flexibility index (Phi) is 6.58. The Bertz CT molecular complexity index is 577. The molecule has 2 atom stereocenters. The largest absolute Gasteiger partial charge is 0.362 e. The summed E-state index contributed by atoms with van der Waals surface area (Å²) >= 11 is 0. The molecule has 8 heteroatoms. The van der Waals surface area contributed by atoms with Crippen molar-refractivity contribution in [2.45, 2.75) is 38.4 Å². The third-order valence-corrected chi connectivity index (χ3v) is 5.57. The lowest BCUT2D eigenvalue weighted by Gasteiger charge is -2.34. The van der Waals surface area contributed by atoms with Crippen LogP contribution in [-0.4, -0.2) is 56.4 Å². The maximum Gasteiger partial charge on any atom is 0.257 e. The molecule has 23 heavy (non-hydrogen) atoms. The number of hydrogen-bond acceptors (Lipinski definition) is 5. The lowest BCUT2D eigenvalue weighted by molar-refractivity contribution is 0.112. The summed E-state index contributed by atoms with van der Waals surface area (Å²) < 4.78 is 33.5. The molecule has 1 aromatic rings. The van der Waals surface area contributed by atoms with Gasteiger partial charge >= 0.3 is 0 Å². The third-order valence-electron chi connectivity index (χ3n) is 4.09. The molecule has 0 saturated carbocycles. The first-order valence-electron chi connectivity index (χ1n) is 8.15. The standard InChI is InChI=1S/C15H28N4O3S/c1-13-9-14(2)11-18(10-13)8-4-6-17-23(20,21)15-5-7-16-19(15)12-22-3/h5,7,13-14,17H,4,6,8-12H2,1-3H3/t13-,14-/m0/s1. The molecule has 1 N–H and O–H groups in total. The summed E-state index contributed by atoms with van der Waals surface area (Å²) in [4.78, 5) is 2.43. The van der Waals surface area contributed by atoms with E-state index in [1.54, 1.807) is 0 Å². The fourth-order valence-electron chi connectivity index (χ4n) is 3.33. The van der Waals surface area contributed by atoms with Crippen molar-refractivity contribution < 1.29 is 13.2 Å². The van der Waals surface area contributed by atoms with Gasteiger partial charge in [0, 0.05) is 26.7 Å². The van der Waals surface area contributed by atoms with Crippen molar-refractivity contribution in [3.63, 3.8) is 0 Å². The second-order valence-corrected chi connectivity index (χ2v) is 8.26. The van der Waals surface area contributed by atoms with Crippen LogP contribution >= 0.6 is 0 Å². The molecule has 0 bridgehead atoms. The molecule has 7 nitrogen and oxygen atoms in total. The van der Waals surface area contributed by atoms with Crippen molar-refractivity contribution in [1.82, 2.24) is 19.4 Å². The molecular weight excluding hydrogens is 316 g/mol. The molecule has 2 rings (SSSR count). The monoisotopic (exact) mass is 344 g/mol. The van der Waals surface area contributed by atoms with Crippen molar-refractivity contribution in [3.8, 4) is 0 Å².